The number of hydrogen-bond donors (Lipinski definition) is 1. The van der Waals surface area contributed by atoms with Gasteiger partial charge in [0, 0.05) is 5.56 Å². The highest BCUT2D eigenvalue weighted by Gasteiger charge is 2.21. The molecular formula is C17H15FO5. The number of phenols is 1. The molecule has 0 radical (unpaired) electrons. The molecule has 0 saturated carbocycles. The lowest BCUT2D eigenvalue weighted by molar-refractivity contribution is 0.0892. The average Bonchev–Trinajstić information content (AvgIpc) is 2.54. The van der Waals surface area contributed by atoms with Crippen molar-refractivity contribution in [3.63, 3.8) is 0 Å². The Labute approximate surface area is 132 Å². The number of phenolic OH excluding ortho intramolecular Hbond substituents is 1. The number of hydrogen-bond acceptors (Lipinski definition) is 5. The highest BCUT2D eigenvalue weighted by molar-refractivity contribution is 6.14. The molecule has 0 heterocycles. The van der Waals surface area contributed by atoms with Crippen molar-refractivity contribution < 1.29 is 28.6 Å². The molecule has 2 aromatic carbocycles. The maximum absolute atomic E-state index is 12.8. The monoisotopic (exact) mass is 318 g/mol. The summed E-state index contributed by atoms with van der Waals surface area (Å²) in [4.78, 5) is 24.3. The van der Waals surface area contributed by atoms with Crippen molar-refractivity contribution >= 4 is 11.6 Å². The van der Waals surface area contributed by atoms with Crippen LogP contribution in [0.15, 0.2) is 36.4 Å². The molecule has 0 amide bonds. The Morgan fingerprint density at radius 2 is 1.65 bits per heavy atom. The smallest absolute Gasteiger partial charge is 0.203 e. The van der Waals surface area contributed by atoms with Crippen LogP contribution in [-0.4, -0.2) is 30.9 Å². The Balaban J connectivity index is 2.24. The zero-order chi connectivity index (χ0) is 17.0. The van der Waals surface area contributed by atoms with Crippen molar-refractivity contribution in [3.8, 4) is 17.2 Å². The lowest BCUT2D eigenvalue weighted by Gasteiger charge is -2.12. The van der Waals surface area contributed by atoms with Crippen molar-refractivity contribution in [2.75, 3.05) is 14.2 Å². The Morgan fingerprint density at radius 3 is 2.22 bits per heavy atom. The molecule has 0 bridgehead atoms. The molecular weight excluding hydrogens is 303 g/mol. The number of ether oxygens (including phenoxy) is 2. The number of benzene rings is 2. The van der Waals surface area contributed by atoms with Crippen molar-refractivity contribution in [2.45, 2.75) is 6.42 Å². The summed E-state index contributed by atoms with van der Waals surface area (Å²) in [5, 5.41) is 10.1. The highest BCUT2D eigenvalue weighted by Crippen LogP contribution is 2.39. The zero-order valence-corrected chi connectivity index (χ0v) is 12.6. The summed E-state index contributed by atoms with van der Waals surface area (Å²) in [7, 11) is 2.73. The molecule has 0 aliphatic heterocycles. The predicted molar refractivity (Wildman–Crippen MR) is 80.9 cm³/mol. The molecule has 0 aliphatic rings. The summed E-state index contributed by atoms with van der Waals surface area (Å²) in [5.41, 5.74) is 0.179. The van der Waals surface area contributed by atoms with E-state index in [0.29, 0.717) is 0 Å². The molecule has 6 heteroatoms. The van der Waals surface area contributed by atoms with Crippen LogP contribution in [0.3, 0.4) is 0 Å². The van der Waals surface area contributed by atoms with Crippen molar-refractivity contribution in [1.82, 2.24) is 0 Å². The van der Waals surface area contributed by atoms with E-state index in [9.17, 15) is 19.1 Å². The van der Waals surface area contributed by atoms with Gasteiger partial charge in [-0.2, -0.15) is 0 Å². The molecule has 1 N–H and O–H groups in total. The maximum Gasteiger partial charge on any atom is 0.203 e. The number of ketones is 2. The third kappa shape index (κ3) is 3.48. The van der Waals surface area contributed by atoms with E-state index >= 15 is 0 Å². The fourth-order valence-electron chi connectivity index (χ4n) is 2.11. The summed E-state index contributed by atoms with van der Waals surface area (Å²) in [5.74, 6) is -1.60. The van der Waals surface area contributed by atoms with Crippen LogP contribution in [-0.2, 0) is 0 Å². The zero-order valence-electron chi connectivity index (χ0n) is 12.6. The number of methoxy groups -OCH3 is 2. The summed E-state index contributed by atoms with van der Waals surface area (Å²) in [6, 6.07) is 7.72. The minimum absolute atomic E-state index is 0.0209. The van der Waals surface area contributed by atoms with E-state index in [1.165, 1.54) is 38.5 Å². The Morgan fingerprint density at radius 1 is 1.00 bits per heavy atom. The first-order valence-electron chi connectivity index (χ1n) is 6.73. The third-order valence-electron chi connectivity index (χ3n) is 3.31. The number of Topliss-reactive ketones (excluding diaryl/α,β-unsaturated/α-hetero) is 2. The summed E-state index contributed by atoms with van der Waals surface area (Å²) < 4.78 is 22.9. The van der Waals surface area contributed by atoms with Crippen molar-refractivity contribution in [2.24, 2.45) is 0 Å². The van der Waals surface area contributed by atoms with E-state index in [2.05, 4.69) is 0 Å². The SMILES string of the molecule is COc1ccc(C(=O)CC(=O)c2ccc(F)cc2)c(O)c1OC. The topological polar surface area (TPSA) is 72.8 Å². The van der Waals surface area contributed by atoms with E-state index in [0.717, 1.165) is 12.1 Å². The summed E-state index contributed by atoms with van der Waals surface area (Å²) >= 11 is 0. The maximum atomic E-state index is 12.8. The highest BCUT2D eigenvalue weighted by atomic mass is 19.1. The number of carbonyl (C=O) groups is 2. The molecule has 23 heavy (non-hydrogen) atoms. The van der Waals surface area contributed by atoms with Gasteiger partial charge in [-0.05, 0) is 36.4 Å². The molecule has 5 nitrogen and oxygen atoms in total. The summed E-state index contributed by atoms with van der Waals surface area (Å²) in [6.45, 7) is 0. The van der Waals surface area contributed by atoms with Gasteiger partial charge in [-0.3, -0.25) is 9.59 Å². The lowest BCUT2D eigenvalue weighted by Crippen LogP contribution is -2.09. The fraction of sp³-hybridized carbons (Fsp3) is 0.176. The number of halogens is 1. The van der Waals surface area contributed by atoms with Crippen molar-refractivity contribution in [3.05, 3.63) is 53.3 Å². The van der Waals surface area contributed by atoms with Crippen LogP contribution in [0.25, 0.3) is 0 Å². The molecule has 0 atom stereocenters. The van der Waals surface area contributed by atoms with Crippen LogP contribution in [0, 0.1) is 5.82 Å². The standard InChI is InChI=1S/C17H15FO5/c1-22-15-8-7-12(16(21)17(15)23-2)14(20)9-13(19)10-3-5-11(18)6-4-10/h3-8,21H,9H2,1-2H3. The molecule has 120 valence electrons. The van der Waals surface area contributed by atoms with Gasteiger partial charge in [-0.1, -0.05) is 0 Å². The quantitative estimate of drug-likeness (QED) is 0.655. The lowest BCUT2D eigenvalue weighted by atomic mass is 10.0. The first-order valence-corrected chi connectivity index (χ1v) is 6.73. The van der Waals surface area contributed by atoms with E-state index in [-0.39, 0.29) is 28.4 Å². The van der Waals surface area contributed by atoms with Crippen molar-refractivity contribution in [1.29, 1.82) is 0 Å². The van der Waals surface area contributed by atoms with Crippen LogP contribution in [0.5, 0.6) is 17.2 Å². The van der Waals surface area contributed by atoms with E-state index in [1.54, 1.807) is 0 Å². The molecule has 2 rings (SSSR count). The van der Waals surface area contributed by atoms with Crippen LogP contribution >= 0.6 is 0 Å². The third-order valence-corrected chi connectivity index (χ3v) is 3.31. The van der Waals surface area contributed by atoms with E-state index < -0.39 is 23.8 Å². The first-order chi connectivity index (χ1) is 11.0. The van der Waals surface area contributed by atoms with Crippen LogP contribution in [0.1, 0.15) is 27.1 Å². The van der Waals surface area contributed by atoms with Gasteiger partial charge in [0.05, 0.1) is 26.2 Å². The largest absolute Gasteiger partial charge is 0.504 e. The normalized spacial score (nSPS) is 10.2. The second-order valence-corrected chi connectivity index (χ2v) is 4.73. The fourth-order valence-corrected chi connectivity index (χ4v) is 2.11. The van der Waals surface area contributed by atoms with Gasteiger partial charge in [-0.15, -0.1) is 0 Å². The average molecular weight is 318 g/mol. The van der Waals surface area contributed by atoms with Crippen LogP contribution in [0.4, 0.5) is 4.39 Å². The van der Waals surface area contributed by atoms with E-state index in [4.69, 9.17) is 9.47 Å². The van der Waals surface area contributed by atoms with Gasteiger partial charge in [0.15, 0.2) is 23.1 Å². The Kier molecular flexibility index (Phi) is 4.95. The number of rotatable bonds is 6. The Hall–Kier alpha value is -2.89. The molecule has 0 unspecified atom stereocenters. The second-order valence-electron chi connectivity index (χ2n) is 4.73. The molecule has 0 aliphatic carbocycles. The number of aromatic hydroxyl groups is 1. The van der Waals surface area contributed by atoms with Crippen LogP contribution in [0.2, 0.25) is 0 Å². The summed E-state index contributed by atoms with van der Waals surface area (Å²) in [6.07, 6.45) is -0.450. The van der Waals surface area contributed by atoms with Gasteiger partial charge in [0.2, 0.25) is 5.75 Å². The second kappa shape index (κ2) is 6.91. The van der Waals surface area contributed by atoms with Gasteiger partial charge in [0.1, 0.15) is 5.82 Å². The molecule has 2 aromatic rings. The Bertz CT molecular complexity index is 737. The minimum atomic E-state index is -0.572. The van der Waals surface area contributed by atoms with Gasteiger partial charge in [-0.25, -0.2) is 4.39 Å². The van der Waals surface area contributed by atoms with E-state index in [1.807, 2.05) is 0 Å². The van der Waals surface area contributed by atoms with Gasteiger partial charge in [0.25, 0.3) is 0 Å². The first kappa shape index (κ1) is 16.5. The number of carbonyl (C=O) groups excluding carboxylic acids is 2. The minimum Gasteiger partial charge on any atom is -0.504 e. The molecule has 0 saturated heterocycles. The molecule has 0 spiro atoms. The van der Waals surface area contributed by atoms with Crippen LogP contribution < -0.4 is 9.47 Å². The van der Waals surface area contributed by atoms with Gasteiger partial charge >= 0.3 is 0 Å². The van der Waals surface area contributed by atoms with Gasteiger partial charge < -0.3 is 14.6 Å². The predicted octanol–water partition coefficient (Wildman–Crippen LogP) is 3.00. The molecule has 0 aromatic heterocycles. The molecule has 0 fully saturated rings.